The van der Waals surface area contributed by atoms with Crippen molar-refractivity contribution in [2.75, 3.05) is 31.7 Å². The molecule has 0 bridgehead atoms. The molecule has 1 N–H and O–H groups in total. The Hall–Kier alpha value is -2.57. The number of para-hydroxylation sites is 2. The molecule has 1 amide bonds. The van der Waals surface area contributed by atoms with Crippen molar-refractivity contribution in [2.24, 2.45) is 0 Å². The molecule has 6 heteroatoms. The van der Waals surface area contributed by atoms with Gasteiger partial charge in [0.05, 0.1) is 17.8 Å². The average Bonchev–Trinajstić information content (AvgIpc) is 3.50. The Morgan fingerprint density at radius 3 is 2.52 bits per heavy atom. The van der Waals surface area contributed by atoms with Crippen molar-refractivity contribution in [3.8, 4) is 5.75 Å². The Labute approximate surface area is 183 Å². The zero-order valence-corrected chi connectivity index (χ0v) is 18.0. The second-order valence-corrected chi connectivity index (χ2v) is 8.74. The summed E-state index contributed by atoms with van der Waals surface area (Å²) < 4.78 is 17.9. The minimum absolute atomic E-state index is 0.0151. The van der Waals surface area contributed by atoms with Gasteiger partial charge in [0.2, 0.25) is 0 Å². The zero-order chi connectivity index (χ0) is 21.3. The van der Waals surface area contributed by atoms with E-state index in [-0.39, 0.29) is 18.1 Å². The van der Waals surface area contributed by atoms with E-state index in [1.807, 2.05) is 53.4 Å². The van der Waals surface area contributed by atoms with Crippen molar-refractivity contribution in [3.63, 3.8) is 0 Å². The molecular formula is C25H30N2O4. The van der Waals surface area contributed by atoms with E-state index < -0.39 is 5.66 Å². The Kier molecular flexibility index (Phi) is 5.59. The quantitative estimate of drug-likeness (QED) is 0.757. The van der Waals surface area contributed by atoms with Gasteiger partial charge in [0, 0.05) is 31.0 Å². The highest BCUT2D eigenvalue weighted by Crippen LogP contribution is 2.42. The van der Waals surface area contributed by atoms with Crippen molar-refractivity contribution in [3.05, 3.63) is 59.7 Å². The van der Waals surface area contributed by atoms with Crippen molar-refractivity contribution >= 4 is 11.6 Å². The molecule has 5 rings (SSSR count). The Bertz CT molecular complexity index is 937. The molecular weight excluding hydrogens is 392 g/mol. The van der Waals surface area contributed by atoms with Crippen molar-refractivity contribution in [1.29, 1.82) is 0 Å². The van der Waals surface area contributed by atoms with Crippen LogP contribution in [0.3, 0.4) is 0 Å². The first kappa shape index (κ1) is 20.3. The van der Waals surface area contributed by atoms with E-state index in [2.05, 4.69) is 12.2 Å². The Morgan fingerprint density at radius 2 is 1.74 bits per heavy atom. The highest BCUT2D eigenvalue weighted by atomic mass is 16.5. The van der Waals surface area contributed by atoms with Crippen LogP contribution < -0.4 is 10.1 Å². The molecule has 0 saturated carbocycles. The first-order chi connectivity index (χ1) is 15.1. The van der Waals surface area contributed by atoms with E-state index in [1.54, 1.807) is 0 Å². The van der Waals surface area contributed by atoms with Gasteiger partial charge in [0.25, 0.3) is 5.91 Å². The molecule has 0 spiro atoms. The van der Waals surface area contributed by atoms with Crippen LogP contribution in [-0.2, 0) is 15.1 Å². The Morgan fingerprint density at radius 1 is 1.03 bits per heavy atom. The lowest BCUT2D eigenvalue weighted by molar-refractivity contribution is 0.0229. The summed E-state index contributed by atoms with van der Waals surface area (Å²) in [6.07, 6.45) is 4.29. The number of rotatable bonds is 6. The van der Waals surface area contributed by atoms with Crippen LogP contribution in [0.25, 0.3) is 0 Å². The predicted octanol–water partition coefficient (Wildman–Crippen LogP) is 4.16. The van der Waals surface area contributed by atoms with E-state index in [0.717, 1.165) is 55.9 Å². The lowest BCUT2D eigenvalue weighted by Crippen LogP contribution is -2.57. The van der Waals surface area contributed by atoms with Crippen molar-refractivity contribution in [1.82, 2.24) is 4.90 Å². The van der Waals surface area contributed by atoms with Gasteiger partial charge < -0.3 is 24.4 Å². The molecule has 31 heavy (non-hydrogen) atoms. The van der Waals surface area contributed by atoms with E-state index >= 15 is 0 Å². The molecule has 0 aromatic heterocycles. The van der Waals surface area contributed by atoms with Crippen LogP contribution >= 0.6 is 0 Å². The number of carbonyl (C=O) groups excluding carboxylic acids is 1. The summed E-state index contributed by atoms with van der Waals surface area (Å²) in [4.78, 5) is 15.6. The van der Waals surface area contributed by atoms with Crippen molar-refractivity contribution < 1.29 is 19.0 Å². The smallest absolute Gasteiger partial charge is 0.258 e. The van der Waals surface area contributed by atoms with E-state index in [9.17, 15) is 4.79 Å². The van der Waals surface area contributed by atoms with E-state index in [0.29, 0.717) is 18.7 Å². The summed E-state index contributed by atoms with van der Waals surface area (Å²) in [5.41, 5.74) is 1.71. The fourth-order valence-corrected chi connectivity index (χ4v) is 4.88. The van der Waals surface area contributed by atoms with Crippen molar-refractivity contribution in [2.45, 2.75) is 50.5 Å². The lowest BCUT2D eigenvalue weighted by Gasteiger charge is -2.47. The number of ether oxygens (including phenoxy) is 3. The molecule has 2 aromatic rings. The third kappa shape index (κ3) is 3.90. The lowest BCUT2D eigenvalue weighted by atomic mass is 9.92. The molecule has 2 aromatic carbocycles. The van der Waals surface area contributed by atoms with Crippen LogP contribution in [0.5, 0.6) is 5.75 Å². The first-order valence-corrected chi connectivity index (χ1v) is 11.3. The number of fused-ring (bicyclic) bond motifs is 1. The van der Waals surface area contributed by atoms with Gasteiger partial charge in [-0.3, -0.25) is 4.79 Å². The van der Waals surface area contributed by atoms with Crippen LogP contribution in [0.1, 0.15) is 48.5 Å². The summed E-state index contributed by atoms with van der Waals surface area (Å²) in [6, 6.07) is 15.7. The summed E-state index contributed by atoms with van der Waals surface area (Å²) in [7, 11) is 0. The molecule has 0 radical (unpaired) electrons. The van der Waals surface area contributed by atoms with Gasteiger partial charge in [0.15, 0.2) is 0 Å². The molecule has 3 aliphatic heterocycles. The minimum Gasteiger partial charge on any atom is -0.490 e. The topological polar surface area (TPSA) is 60.0 Å². The van der Waals surface area contributed by atoms with Crippen LogP contribution in [0.4, 0.5) is 5.69 Å². The summed E-state index contributed by atoms with van der Waals surface area (Å²) in [5.74, 6) is 0.791. The molecule has 3 aliphatic rings. The molecule has 6 nitrogen and oxygen atoms in total. The van der Waals surface area contributed by atoms with Gasteiger partial charge in [-0.15, -0.1) is 0 Å². The molecule has 164 valence electrons. The second-order valence-electron chi connectivity index (χ2n) is 8.74. The summed E-state index contributed by atoms with van der Waals surface area (Å²) in [5, 5.41) is 3.65. The van der Waals surface area contributed by atoms with Gasteiger partial charge in [0.1, 0.15) is 18.0 Å². The number of carbonyl (C=O) groups is 1. The summed E-state index contributed by atoms with van der Waals surface area (Å²) >= 11 is 0. The maximum absolute atomic E-state index is 13.6. The molecule has 2 saturated heterocycles. The maximum atomic E-state index is 13.6. The third-order valence-corrected chi connectivity index (χ3v) is 6.59. The fourth-order valence-electron chi connectivity index (χ4n) is 4.88. The third-order valence-electron chi connectivity index (χ3n) is 6.59. The van der Waals surface area contributed by atoms with Gasteiger partial charge in [-0.25, -0.2) is 0 Å². The van der Waals surface area contributed by atoms with E-state index in [4.69, 9.17) is 14.2 Å². The molecule has 3 heterocycles. The molecule has 0 aliphatic carbocycles. The summed E-state index contributed by atoms with van der Waals surface area (Å²) in [6.45, 7) is 4.67. The number of anilines is 1. The SMILES string of the molecule is CC1(c2ccccc2OCC2CCCO2)Nc2ccccc2C(=O)N1CC1CCCO1. The number of nitrogens with one attached hydrogen (secondary N) is 1. The minimum atomic E-state index is -0.759. The monoisotopic (exact) mass is 422 g/mol. The highest BCUT2D eigenvalue weighted by molar-refractivity contribution is 6.02. The van der Waals surface area contributed by atoms with Crippen LogP contribution in [-0.4, -0.2) is 49.4 Å². The number of hydrogen-bond acceptors (Lipinski definition) is 5. The normalized spacial score (nSPS) is 27.8. The molecule has 3 unspecified atom stereocenters. The van der Waals surface area contributed by atoms with Gasteiger partial charge in [-0.1, -0.05) is 30.3 Å². The predicted molar refractivity (Wildman–Crippen MR) is 118 cm³/mol. The zero-order valence-electron chi connectivity index (χ0n) is 18.0. The average molecular weight is 423 g/mol. The van der Waals surface area contributed by atoms with Gasteiger partial charge >= 0.3 is 0 Å². The first-order valence-electron chi connectivity index (χ1n) is 11.3. The maximum Gasteiger partial charge on any atom is 0.258 e. The number of nitrogens with zero attached hydrogens (tertiary/aromatic N) is 1. The molecule has 3 atom stereocenters. The molecule has 2 fully saturated rings. The van der Waals surface area contributed by atoms with Crippen LogP contribution in [0.15, 0.2) is 48.5 Å². The standard InChI is InChI=1S/C25H30N2O4/c1-25(21-11-3-5-13-23(21)31-17-19-9-7-15-30-19)26-22-12-4-2-10-20(22)24(28)27(25)16-18-8-6-14-29-18/h2-5,10-13,18-19,26H,6-9,14-17H2,1H3. The fraction of sp³-hybridized carbons (Fsp3) is 0.480. The van der Waals surface area contributed by atoms with Gasteiger partial charge in [-0.2, -0.15) is 0 Å². The Balaban J connectivity index is 1.50. The second kappa shape index (κ2) is 8.52. The largest absolute Gasteiger partial charge is 0.490 e. The number of amides is 1. The van der Waals surface area contributed by atoms with E-state index in [1.165, 1.54) is 0 Å². The highest BCUT2D eigenvalue weighted by Gasteiger charge is 2.45. The van der Waals surface area contributed by atoms with Crippen LogP contribution in [0, 0.1) is 0 Å². The number of benzene rings is 2. The van der Waals surface area contributed by atoms with Crippen LogP contribution in [0.2, 0.25) is 0 Å². The van der Waals surface area contributed by atoms with Gasteiger partial charge in [-0.05, 0) is 50.8 Å². The number of hydrogen-bond donors (Lipinski definition) is 1.